The van der Waals surface area contributed by atoms with E-state index in [9.17, 15) is 31.0 Å². The van der Waals surface area contributed by atoms with Crippen molar-refractivity contribution in [1.82, 2.24) is 0 Å². The van der Waals surface area contributed by atoms with Crippen molar-refractivity contribution in [2.24, 2.45) is 5.73 Å². The molecule has 0 bridgehead atoms. The molecule has 6 N–H and O–H groups in total. The first-order chi connectivity index (χ1) is 16.0. The van der Waals surface area contributed by atoms with Gasteiger partial charge in [0.25, 0.3) is 10.1 Å². The summed E-state index contributed by atoms with van der Waals surface area (Å²) < 4.78 is 58.5. The predicted molar refractivity (Wildman–Crippen MR) is 125 cm³/mol. The Balaban J connectivity index is 1.95. The van der Waals surface area contributed by atoms with Gasteiger partial charge in [0.05, 0.1) is 33.2 Å². The Morgan fingerprint density at radius 1 is 0.853 bits per heavy atom. The number of carbonyl (C=O) groups excluding carboxylic acids is 2. The van der Waals surface area contributed by atoms with Gasteiger partial charge in [0.15, 0.2) is 21.4 Å². The monoisotopic (exact) mass is 501 g/mol. The lowest BCUT2D eigenvalue weighted by Crippen LogP contribution is -2.25. The first kappa shape index (κ1) is 23.6. The number of anilines is 3. The second-order valence-corrected chi connectivity index (χ2v) is 11.0. The molecule has 0 saturated heterocycles. The molecule has 34 heavy (non-hydrogen) atoms. The largest absolute Gasteiger partial charge is 0.397 e. The fourth-order valence-corrected chi connectivity index (χ4v) is 5.59. The Morgan fingerprint density at radius 3 is 2.06 bits per heavy atom. The SMILES string of the molecule is NCCS(=O)(=O)c1cccc(Nc2cc(S(=O)(=O)O)c(N)c3c2C(=O)c2ccccc2C3=O)c1. The summed E-state index contributed by atoms with van der Waals surface area (Å²) in [5, 5.41) is 2.81. The van der Waals surface area contributed by atoms with E-state index >= 15 is 0 Å². The van der Waals surface area contributed by atoms with Crippen molar-refractivity contribution in [3.05, 3.63) is 76.9 Å². The van der Waals surface area contributed by atoms with E-state index in [-0.39, 0.29) is 50.8 Å². The molecule has 0 fully saturated rings. The third kappa shape index (κ3) is 3.96. The number of nitrogen functional groups attached to an aromatic ring is 1. The van der Waals surface area contributed by atoms with Crippen LogP contribution in [0.25, 0.3) is 0 Å². The number of hydrogen-bond donors (Lipinski definition) is 4. The maximum absolute atomic E-state index is 13.3. The first-order valence-electron chi connectivity index (χ1n) is 9.88. The Kier molecular flexibility index (Phi) is 5.77. The first-order valence-corrected chi connectivity index (χ1v) is 13.0. The summed E-state index contributed by atoms with van der Waals surface area (Å²) in [5.41, 5.74) is 10.4. The highest BCUT2D eigenvalue weighted by Crippen LogP contribution is 2.40. The summed E-state index contributed by atoms with van der Waals surface area (Å²) in [5.74, 6) is -1.56. The lowest BCUT2D eigenvalue weighted by molar-refractivity contribution is 0.0980. The van der Waals surface area contributed by atoms with Crippen LogP contribution in [-0.2, 0) is 20.0 Å². The van der Waals surface area contributed by atoms with Crippen molar-refractivity contribution in [3.63, 3.8) is 0 Å². The van der Waals surface area contributed by atoms with Crippen LogP contribution < -0.4 is 16.8 Å². The van der Waals surface area contributed by atoms with E-state index in [2.05, 4.69) is 5.32 Å². The molecule has 4 rings (SSSR count). The van der Waals surface area contributed by atoms with Crippen LogP contribution in [0.15, 0.2) is 64.4 Å². The van der Waals surface area contributed by atoms with E-state index in [0.717, 1.165) is 6.07 Å². The van der Waals surface area contributed by atoms with Gasteiger partial charge in [0.1, 0.15) is 4.90 Å². The number of fused-ring (bicyclic) bond motifs is 2. The molecule has 10 nitrogen and oxygen atoms in total. The zero-order valence-corrected chi connectivity index (χ0v) is 19.1. The number of sulfone groups is 1. The van der Waals surface area contributed by atoms with Gasteiger partial charge in [0, 0.05) is 23.4 Å². The summed E-state index contributed by atoms with van der Waals surface area (Å²) >= 11 is 0. The number of benzene rings is 3. The number of rotatable bonds is 6. The van der Waals surface area contributed by atoms with Gasteiger partial charge in [0.2, 0.25) is 0 Å². The van der Waals surface area contributed by atoms with Crippen molar-refractivity contribution in [2.45, 2.75) is 9.79 Å². The number of ketones is 2. The van der Waals surface area contributed by atoms with E-state index in [1.165, 1.54) is 36.4 Å². The smallest absolute Gasteiger partial charge is 0.296 e. The molecule has 1 aliphatic carbocycles. The highest BCUT2D eigenvalue weighted by atomic mass is 32.2. The van der Waals surface area contributed by atoms with Crippen LogP contribution in [0.4, 0.5) is 17.1 Å². The van der Waals surface area contributed by atoms with Crippen molar-refractivity contribution >= 4 is 48.6 Å². The van der Waals surface area contributed by atoms with E-state index in [1.54, 1.807) is 12.1 Å². The van der Waals surface area contributed by atoms with Gasteiger partial charge >= 0.3 is 0 Å². The third-order valence-electron chi connectivity index (χ3n) is 5.34. The zero-order chi connectivity index (χ0) is 24.8. The second kappa shape index (κ2) is 8.33. The van der Waals surface area contributed by atoms with Gasteiger partial charge in [-0.2, -0.15) is 8.42 Å². The topological polar surface area (TPSA) is 187 Å². The average molecular weight is 502 g/mol. The molecular formula is C22H19N3O7S2. The normalized spacial score (nSPS) is 13.4. The maximum atomic E-state index is 13.3. The Morgan fingerprint density at radius 2 is 1.47 bits per heavy atom. The maximum Gasteiger partial charge on any atom is 0.296 e. The summed E-state index contributed by atoms with van der Waals surface area (Å²) in [7, 11) is -8.56. The zero-order valence-electron chi connectivity index (χ0n) is 17.5. The molecule has 1 aliphatic rings. The summed E-state index contributed by atoms with van der Waals surface area (Å²) in [6, 6.07) is 12.5. The Bertz CT molecular complexity index is 1580. The lowest BCUT2D eigenvalue weighted by Gasteiger charge is -2.23. The molecule has 0 aliphatic heterocycles. The highest BCUT2D eigenvalue weighted by Gasteiger charge is 2.36. The standard InChI is InChI=1S/C22H19N3O7S2/c23-8-9-33(28,29)13-5-3-4-12(10-13)25-16-11-17(34(30,31)32)20(24)19-18(16)21(26)14-6-1-2-7-15(14)22(19)27/h1-7,10-11,25H,8-9,23-24H2,(H,30,31,32). The van der Waals surface area contributed by atoms with Gasteiger partial charge in [-0.05, 0) is 24.3 Å². The predicted octanol–water partition coefficient (Wildman–Crippen LogP) is 1.77. The molecule has 176 valence electrons. The minimum atomic E-state index is -4.88. The van der Waals surface area contributed by atoms with Crippen molar-refractivity contribution < 1.29 is 31.0 Å². The van der Waals surface area contributed by atoms with Crippen molar-refractivity contribution in [2.75, 3.05) is 23.3 Å². The molecule has 0 aromatic heterocycles. The van der Waals surface area contributed by atoms with E-state index in [0.29, 0.717) is 0 Å². The molecule has 0 heterocycles. The molecule has 3 aromatic rings. The lowest BCUT2D eigenvalue weighted by atomic mass is 9.82. The second-order valence-electron chi connectivity index (χ2n) is 7.53. The number of nitrogens with two attached hydrogens (primary N) is 2. The number of carbonyl (C=O) groups is 2. The molecule has 12 heteroatoms. The molecular weight excluding hydrogens is 482 g/mol. The molecule has 0 spiro atoms. The van der Waals surface area contributed by atoms with E-state index < -0.39 is 42.1 Å². The molecule has 3 aromatic carbocycles. The minimum absolute atomic E-state index is 0.0417. The van der Waals surface area contributed by atoms with Crippen LogP contribution >= 0.6 is 0 Å². The molecule has 0 saturated carbocycles. The summed E-state index contributed by atoms with van der Waals surface area (Å²) in [4.78, 5) is 25.7. The quantitative estimate of drug-likeness (QED) is 0.224. The van der Waals surface area contributed by atoms with E-state index in [1.807, 2.05) is 0 Å². The number of hydrogen-bond acceptors (Lipinski definition) is 9. The fourth-order valence-electron chi connectivity index (χ4n) is 3.80. The molecule has 0 amide bonds. The van der Waals surface area contributed by atoms with Gasteiger partial charge in [-0.1, -0.05) is 30.3 Å². The van der Waals surface area contributed by atoms with Crippen LogP contribution in [0.5, 0.6) is 0 Å². The van der Waals surface area contributed by atoms with Gasteiger partial charge in [-0.3, -0.25) is 14.1 Å². The van der Waals surface area contributed by atoms with Gasteiger partial charge < -0.3 is 16.8 Å². The van der Waals surface area contributed by atoms with Crippen molar-refractivity contribution in [3.8, 4) is 0 Å². The van der Waals surface area contributed by atoms with Crippen molar-refractivity contribution in [1.29, 1.82) is 0 Å². The van der Waals surface area contributed by atoms with Gasteiger partial charge in [-0.25, -0.2) is 8.42 Å². The minimum Gasteiger partial charge on any atom is -0.397 e. The molecule has 0 atom stereocenters. The highest BCUT2D eigenvalue weighted by molar-refractivity contribution is 7.91. The Hall–Kier alpha value is -3.58. The number of nitrogens with one attached hydrogen (secondary N) is 1. The van der Waals surface area contributed by atoms with Crippen LogP contribution in [-0.4, -0.2) is 45.3 Å². The summed E-state index contributed by atoms with van der Waals surface area (Å²) in [6.45, 7) is -0.0841. The molecule has 0 radical (unpaired) electrons. The third-order valence-corrected chi connectivity index (χ3v) is 7.98. The van der Waals surface area contributed by atoms with Crippen LogP contribution in [0.3, 0.4) is 0 Å². The van der Waals surface area contributed by atoms with E-state index in [4.69, 9.17) is 11.5 Å². The Labute approximate surface area is 195 Å². The van der Waals surface area contributed by atoms with Crippen LogP contribution in [0, 0.1) is 0 Å². The summed E-state index contributed by atoms with van der Waals surface area (Å²) in [6.07, 6.45) is 0. The van der Waals surface area contributed by atoms with Gasteiger partial charge in [-0.15, -0.1) is 0 Å². The average Bonchev–Trinajstić information content (AvgIpc) is 2.77. The van der Waals surface area contributed by atoms with Crippen LogP contribution in [0.1, 0.15) is 31.8 Å². The molecule has 0 unspecified atom stereocenters. The van der Waals surface area contributed by atoms with Crippen LogP contribution in [0.2, 0.25) is 0 Å². The fraction of sp³-hybridized carbons (Fsp3) is 0.0909.